The van der Waals surface area contributed by atoms with Gasteiger partial charge in [0.1, 0.15) is 6.33 Å². The lowest BCUT2D eigenvalue weighted by atomic mass is 9.93. The Balaban J connectivity index is 1.55. The van der Waals surface area contributed by atoms with Crippen LogP contribution in [-0.2, 0) is 6.54 Å². The van der Waals surface area contributed by atoms with Crippen molar-refractivity contribution in [2.45, 2.75) is 50.7 Å². The molecule has 0 bridgehead atoms. The van der Waals surface area contributed by atoms with Crippen molar-refractivity contribution in [1.29, 1.82) is 0 Å². The maximum Gasteiger partial charge on any atom is 0.115 e. The van der Waals surface area contributed by atoms with E-state index in [4.69, 9.17) is 0 Å². The Kier molecular flexibility index (Phi) is 3.86. The van der Waals surface area contributed by atoms with E-state index in [9.17, 15) is 0 Å². The Morgan fingerprint density at radius 3 is 3.06 bits per heavy atom. The van der Waals surface area contributed by atoms with Crippen molar-refractivity contribution in [2.75, 3.05) is 6.54 Å². The molecule has 1 aromatic rings. The number of aromatic nitrogens is 2. The van der Waals surface area contributed by atoms with Gasteiger partial charge in [-0.2, -0.15) is 0 Å². The highest BCUT2D eigenvalue weighted by molar-refractivity contribution is 4.99. The average Bonchev–Trinajstić information content (AvgIpc) is 3.08. The van der Waals surface area contributed by atoms with E-state index < -0.39 is 0 Å². The Labute approximate surface area is 109 Å². The minimum atomic E-state index is 0.663. The monoisotopic (exact) mass is 246 g/mol. The molecule has 18 heavy (non-hydrogen) atoms. The van der Waals surface area contributed by atoms with Gasteiger partial charge in [-0.15, -0.1) is 0 Å². The van der Waals surface area contributed by atoms with Crippen LogP contribution in [0, 0.1) is 5.92 Å². The van der Waals surface area contributed by atoms with E-state index in [0.29, 0.717) is 6.04 Å². The van der Waals surface area contributed by atoms with Gasteiger partial charge in [0, 0.05) is 24.8 Å². The second kappa shape index (κ2) is 5.76. The van der Waals surface area contributed by atoms with Gasteiger partial charge in [0.25, 0.3) is 0 Å². The van der Waals surface area contributed by atoms with E-state index in [2.05, 4.69) is 20.6 Å². The van der Waals surface area contributed by atoms with Crippen molar-refractivity contribution < 1.29 is 0 Å². The van der Waals surface area contributed by atoms with Crippen molar-refractivity contribution >= 4 is 0 Å². The SMILES string of the molecule is c1cc(CNC2CCCC2C2CCCN2)ncn1. The van der Waals surface area contributed by atoms with Crippen molar-refractivity contribution in [1.82, 2.24) is 20.6 Å². The fourth-order valence-electron chi connectivity index (χ4n) is 3.46. The van der Waals surface area contributed by atoms with Crippen LogP contribution in [0.1, 0.15) is 37.8 Å². The van der Waals surface area contributed by atoms with E-state index in [1.807, 2.05) is 12.3 Å². The molecule has 2 fully saturated rings. The molecule has 2 N–H and O–H groups in total. The van der Waals surface area contributed by atoms with Crippen LogP contribution >= 0.6 is 0 Å². The highest BCUT2D eigenvalue weighted by Crippen LogP contribution is 2.31. The lowest BCUT2D eigenvalue weighted by molar-refractivity contribution is 0.319. The molecule has 2 aliphatic rings. The second-order valence-corrected chi connectivity index (χ2v) is 5.49. The van der Waals surface area contributed by atoms with Crippen molar-refractivity contribution in [3.63, 3.8) is 0 Å². The largest absolute Gasteiger partial charge is 0.314 e. The zero-order valence-electron chi connectivity index (χ0n) is 10.8. The number of hydrogen-bond acceptors (Lipinski definition) is 4. The fourth-order valence-corrected chi connectivity index (χ4v) is 3.46. The molecule has 1 aliphatic heterocycles. The summed E-state index contributed by atoms with van der Waals surface area (Å²) in [5, 5.41) is 7.36. The third-order valence-electron chi connectivity index (χ3n) is 4.37. The van der Waals surface area contributed by atoms with E-state index in [1.54, 1.807) is 6.33 Å². The summed E-state index contributed by atoms with van der Waals surface area (Å²) >= 11 is 0. The molecule has 0 aromatic carbocycles. The zero-order valence-corrected chi connectivity index (χ0v) is 10.8. The molecule has 3 atom stereocenters. The Morgan fingerprint density at radius 2 is 2.28 bits per heavy atom. The topological polar surface area (TPSA) is 49.8 Å². The summed E-state index contributed by atoms with van der Waals surface area (Å²) in [4.78, 5) is 8.23. The molecule has 1 saturated heterocycles. The predicted octanol–water partition coefficient (Wildman–Crippen LogP) is 1.49. The van der Waals surface area contributed by atoms with Gasteiger partial charge in [0.15, 0.2) is 0 Å². The average molecular weight is 246 g/mol. The van der Waals surface area contributed by atoms with Gasteiger partial charge in [0.05, 0.1) is 5.69 Å². The maximum atomic E-state index is 4.27. The van der Waals surface area contributed by atoms with E-state index >= 15 is 0 Å². The minimum Gasteiger partial charge on any atom is -0.314 e. The first-order chi connectivity index (χ1) is 8.93. The van der Waals surface area contributed by atoms with Crippen LogP contribution in [0.25, 0.3) is 0 Å². The molecule has 0 spiro atoms. The highest BCUT2D eigenvalue weighted by atomic mass is 15.0. The quantitative estimate of drug-likeness (QED) is 0.845. The summed E-state index contributed by atoms with van der Waals surface area (Å²) in [6.45, 7) is 2.08. The van der Waals surface area contributed by atoms with Gasteiger partial charge in [-0.05, 0) is 44.2 Å². The zero-order chi connectivity index (χ0) is 12.2. The van der Waals surface area contributed by atoms with Gasteiger partial charge in [-0.3, -0.25) is 0 Å². The third kappa shape index (κ3) is 2.70. The maximum absolute atomic E-state index is 4.27. The van der Waals surface area contributed by atoms with Gasteiger partial charge in [-0.1, -0.05) is 6.42 Å². The van der Waals surface area contributed by atoms with Crippen molar-refractivity contribution in [2.24, 2.45) is 5.92 Å². The van der Waals surface area contributed by atoms with Crippen LogP contribution in [0.2, 0.25) is 0 Å². The molecule has 2 heterocycles. The molecule has 1 aromatic heterocycles. The van der Waals surface area contributed by atoms with Crippen LogP contribution in [0.4, 0.5) is 0 Å². The van der Waals surface area contributed by atoms with E-state index in [-0.39, 0.29) is 0 Å². The molecular formula is C14H22N4. The van der Waals surface area contributed by atoms with Crippen molar-refractivity contribution in [3.8, 4) is 0 Å². The molecule has 4 heteroatoms. The van der Waals surface area contributed by atoms with Crippen LogP contribution in [0.3, 0.4) is 0 Å². The first-order valence-electron chi connectivity index (χ1n) is 7.15. The molecule has 4 nitrogen and oxygen atoms in total. The normalized spacial score (nSPS) is 31.9. The number of nitrogens with one attached hydrogen (secondary N) is 2. The minimum absolute atomic E-state index is 0.663. The van der Waals surface area contributed by atoms with Crippen LogP contribution in [0.5, 0.6) is 0 Å². The van der Waals surface area contributed by atoms with Gasteiger partial charge in [-0.25, -0.2) is 9.97 Å². The standard InChI is InChI=1S/C14H22N4/c1-3-12(13-5-2-7-16-13)14(4-1)17-9-11-6-8-15-10-18-11/h6,8,10,12-14,16-17H,1-5,7,9H2. The molecular weight excluding hydrogens is 224 g/mol. The third-order valence-corrected chi connectivity index (χ3v) is 4.37. The van der Waals surface area contributed by atoms with Crippen LogP contribution in [-0.4, -0.2) is 28.6 Å². The molecule has 1 saturated carbocycles. The first-order valence-corrected chi connectivity index (χ1v) is 7.15. The van der Waals surface area contributed by atoms with Crippen LogP contribution in [0.15, 0.2) is 18.6 Å². The smallest absolute Gasteiger partial charge is 0.115 e. The molecule has 3 unspecified atom stereocenters. The fraction of sp³-hybridized carbons (Fsp3) is 0.714. The van der Waals surface area contributed by atoms with E-state index in [1.165, 1.54) is 38.6 Å². The van der Waals surface area contributed by atoms with Gasteiger partial charge in [0.2, 0.25) is 0 Å². The molecule has 0 amide bonds. The Bertz CT molecular complexity index is 361. The molecule has 1 aliphatic carbocycles. The summed E-state index contributed by atoms with van der Waals surface area (Å²) in [7, 11) is 0. The number of hydrogen-bond donors (Lipinski definition) is 2. The van der Waals surface area contributed by atoms with E-state index in [0.717, 1.165) is 24.2 Å². The Morgan fingerprint density at radius 1 is 1.28 bits per heavy atom. The molecule has 3 rings (SSSR count). The number of nitrogens with zero attached hydrogens (tertiary/aromatic N) is 2. The Hall–Kier alpha value is -1.00. The lowest BCUT2D eigenvalue weighted by Crippen LogP contribution is -2.41. The second-order valence-electron chi connectivity index (χ2n) is 5.49. The van der Waals surface area contributed by atoms with Gasteiger partial charge >= 0.3 is 0 Å². The van der Waals surface area contributed by atoms with Crippen LogP contribution < -0.4 is 10.6 Å². The summed E-state index contributed by atoms with van der Waals surface area (Å²) in [5.41, 5.74) is 1.09. The summed E-state index contributed by atoms with van der Waals surface area (Å²) in [5.74, 6) is 0.814. The predicted molar refractivity (Wildman–Crippen MR) is 71.0 cm³/mol. The van der Waals surface area contributed by atoms with Crippen molar-refractivity contribution in [3.05, 3.63) is 24.3 Å². The first kappa shape index (κ1) is 12.1. The lowest BCUT2D eigenvalue weighted by Gasteiger charge is -2.26. The summed E-state index contributed by atoms with van der Waals surface area (Å²) < 4.78 is 0. The summed E-state index contributed by atoms with van der Waals surface area (Å²) in [6, 6.07) is 3.40. The highest BCUT2D eigenvalue weighted by Gasteiger charge is 2.34. The summed E-state index contributed by atoms with van der Waals surface area (Å²) in [6.07, 6.45) is 10.2. The molecule has 0 radical (unpaired) electrons. The molecule has 98 valence electrons. The van der Waals surface area contributed by atoms with Gasteiger partial charge < -0.3 is 10.6 Å². The number of rotatable bonds is 4.